The molecule has 98 valence electrons. The molecule has 0 bridgehead atoms. The third-order valence-electron chi connectivity index (χ3n) is 2.42. The molecule has 7 heteroatoms. The molecule has 18 heavy (non-hydrogen) atoms. The highest BCUT2D eigenvalue weighted by Crippen LogP contribution is 2.04. The van der Waals surface area contributed by atoms with Crippen molar-refractivity contribution in [1.29, 1.82) is 0 Å². The van der Waals surface area contributed by atoms with Crippen molar-refractivity contribution >= 4 is 11.7 Å². The van der Waals surface area contributed by atoms with Gasteiger partial charge in [0.1, 0.15) is 5.69 Å². The molecule has 0 saturated carbocycles. The Balaban J connectivity index is 2.87. The molecular formula is C11H16N4O3. The second kappa shape index (κ2) is 6.55. The van der Waals surface area contributed by atoms with Gasteiger partial charge in [-0.1, -0.05) is 5.16 Å². The number of amides is 1. The molecule has 0 aliphatic carbocycles. The molecule has 1 aromatic rings. The minimum atomic E-state index is -0.266. The Morgan fingerprint density at radius 3 is 2.72 bits per heavy atom. The van der Waals surface area contributed by atoms with Gasteiger partial charge in [-0.2, -0.15) is 0 Å². The van der Waals surface area contributed by atoms with E-state index in [4.69, 9.17) is 16.0 Å². The molecule has 0 fully saturated rings. The normalized spacial score (nSPS) is 11.3. The maximum Gasteiger partial charge on any atom is 0.272 e. The predicted molar refractivity (Wildman–Crippen MR) is 65.4 cm³/mol. The molecular weight excluding hydrogens is 236 g/mol. The van der Waals surface area contributed by atoms with Crippen LogP contribution in [0.25, 0.3) is 0 Å². The van der Waals surface area contributed by atoms with Crippen molar-refractivity contribution in [3.05, 3.63) is 29.6 Å². The second-order valence-electron chi connectivity index (χ2n) is 3.53. The average Bonchev–Trinajstić information content (AvgIpc) is 2.43. The Kier molecular flexibility index (Phi) is 5.06. The first kappa shape index (κ1) is 13.9. The highest BCUT2D eigenvalue weighted by Gasteiger charge is 2.15. The number of oxime groups is 1. The van der Waals surface area contributed by atoms with Gasteiger partial charge in [-0.15, -0.1) is 0 Å². The lowest BCUT2D eigenvalue weighted by atomic mass is 10.2. The number of amidine groups is 1. The Morgan fingerprint density at radius 2 is 2.28 bits per heavy atom. The highest BCUT2D eigenvalue weighted by atomic mass is 16.4. The van der Waals surface area contributed by atoms with Crippen LogP contribution in [-0.4, -0.2) is 51.6 Å². The Labute approximate surface area is 105 Å². The molecule has 1 heterocycles. The summed E-state index contributed by atoms with van der Waals surface area (Å²) in [7, 11) is 0. The number of aliphatic hydroxyl groups excluding tert-OH is 1. The SMILES string of the molecule is CCN(CCO)C(=O)c1ccc(C(N)=NO)cn1. The van der Waals surface area contributed by atoms with E-state index in [1.165, 1.54) is 17.2 Å². The van der Waals surface area contributed by atoms with Gasteiger partial charge in [-0.05, 0) is 19.1 Å². The number of rotatable bonds is 5. The zero-order valence-electron chi connectivity index (χ0n) is 10.1. The molecule has 0 aromatic carbocycles. The summed E-state index contributed by atoms with van der Waals surface area (Å²) in [6.45, 7) is 2.47. The van der Waals surface area contributed by atoms with Crippen molar-refractivity contribution < 1.29 is 15.1 Å². The van der Waals surface area contributed by atoms with E-state index in [2.05, 4.69) is 10.1 Å². The lowest BCUT2D eigenvalue weighted by Crippen LogP contribution is -2.33. The van der Waals surface area contributed by atoms with Gasteiger partial charge in [0.2, 0.25) is 0 Å². The quantitative estimate of drug-likeness (QED) is 0.286. The third-order valence-corrected chi connectivity index (χ3v) is 2.42. The van der Waals surface area contributed by atoms with Crippen LogP contribution in [-0.2, 0) is 0 Å². The van der Waals surface area contributed by atoms with Crippen LogP contribution in [0.4, 0.5) is 0 Å². The summed E-state index contributed by atoms with van der Waals surface area (Å²) in [4.78, 5) is 17.4. The van der Waals surface area contributed by atoms with Gasteiger partial charge in [0.05, 0.1) is 6.61 Å². The number of aliphatic hydroxyl groups is 1. The van der Waals surface area contributed by atoms with Crippen LogP contribution in [0.3, 0.4) is 0 Å². The first-order chi connectivity index (χ1) is 8.63. The lowest BCUT2D eigenvalue weighted by molar-refractivity contribution is 0.0726. The van der Waals surface area contributed by atoms with E-state index in [1.807, 2.05) is 6.92 Å². The van der Waals surface area contributed by atoms with Crippen LogP contribution >= 0.6 is 0 Å². The van der Waals surface area contributed by atoms with Gasteiger partial charge in [-0.3, -0.25) is 9.78 Å². The van der Waals surface area contributed by atoms with Gasteiger partial charge >= 0.3 is 0 Å². The van der Waals surface area contributed by atoms with Gasteiger partial charge in [0, 0.05) is 24.8 Å². The zero-order valence-corrected chi connectivity index (χ0v) is 10.1. The van der Waals surface area contributed by atoms with Crippen LogP contribution in [0.1, 0.15) is 23.0 Å². The molecule has 1 rings (SSSR count). The molecule has 0 radical (unpaired) electrons. The van der Waals surface area contributed by atoms with E-state index in [0.29, 0.717) is 12.1 Å². The van der Waals surface area contributed by atoms with E-state index < -0.39 is 0 Å². The molecule has 0 spiro atoms. The number of carbonyl (C=O) groups excluding carboxylic acids is 1. The minimum absolute atomic E-state index is 0.0656. The number of nitrogens with two attached hydrogens (primary N) is 1. The molecule has 7 nitrogen and oxygen atoms in total. The topological polar surface area (TPSA) is 112 Å². The van der Waals surface area contributed by atoms with Crippen molar-refractivity contribution in [2.75, 3.05) is 19.7 Å². The van der Waals surface area contributed by atoms with Gasteiger partial charge < -0.3 is 20.9 Å². The van der Waals surface area contributed by atoms with Gasteiger partial charge in [-0.25, -0.2) is 0 Å². The van der Waals surface area contributed by atoms with Gasteiger partial charge in [0.25, 0.3) is 5.91 Å². The largest absolute Gasteiger partial charge is 0.409 e. The molecule has 0 unspecified atom stereocenters. The van der Waals surface area contributed by atoms with E-state index in [9.17, 15) is 4.79 Å². The number of hydrogen-bond acceptors (Lipinski definition) is 5. The number of pyridine rings is 1. The fourth-order valence-corrected chi connectivity index (χ4v) is 1.42. The van der Waals surface area contributed by atoms with Crippen molar-refractivity contribution in [3.63, 3.8) is 0 Å². The number of hydrogen-bond donors (Lipinski definition) is 3. The van der Waals surface area contributed by atoms with E-state index in [0.717, 1.165) is 0 Å². The molecule has 4 N–H and O–H groups in total. The number of aromatic nitrogens is 1. The van der Waals surface area contributed by atoms with Crippen LogP contribution in [0.15, 0.2) is 23.5 Å². The number of likely N-dealkylation sites (N-methyl/N-ethyl adjacent to an activating group) is 1. The lowest BCUT2D eigenvalue weighted by Gasteiger charge is -2.18. The maximum absolute atomic E-state index is 12.0. The smallest absolute Gasteiger partial charge is 0.272 e. The van der Waals surface area contributed by atoms with E-state index in [1.54, 1.807) is 6.07 Å². The standard InChI is InChI=1S/C11H16N4O3/c1-2-15(5-6-16)11(17)9-4-3-8(7-13-9)10(12)14-18/h3-4,7,16,18H,2,5-6H2,1H3,(H2,12,14). The summed E-state index contributed by atoms with van der Waals surface area (Å²) in [6.07, 6.45) is 1.36. The fraction of sp³-hybridized carbons (Fsp3) is 0.364. The highest BCUT2D eigenvalue weighted by molar-refractivity contribution is 5.98. The van der Waals surface area contributed by atoms with Crippen molar-refractivity contribution in [3.8, 4) is 0 Å². The van der Waals surface area contributed by atoms with E-state index in [-0.39, 0.29) is 30.6 Å². The Bertz CT molecular complexity index is 430. The van der Waals surface area contributed by atoms with Crippen LogP contribution in [0.2, 0.25) is 0 Å². The second-order valence-corrected chi connectivity index (χ2v) is 3.53. The fourth-order valence-electron chi connectivity index (χ4n) is 1.42. The van der Waals surface area contributed by atoms with Crippen molar-refractivity contribution in [2.45, 2.75) is 6.92 Å². The number of carbonyl (C=O) groups is 1. The first-order valence-electron chi connectivity index (χ1n) is 5.48. The summed E-state index contributed by atoms with van der Waals surface area (Å²) in [5.41, 5.74) is 6.07. The van der Waals surface area contributed by atoms with Crippen molar-refractivity contribution in [1.82, 2.24) is 9.88 Å². The third kappa shape index (κ3) is 3.17. The van der Waals surface area contributed by atoms with Gasteiger partial charge in [0.15, 0.2) is 5.84 Å². The molecule has 0 atom stereocenters. The molecule has 0 aliphatic heterocycles. The Hall–Kier alpha value is -2.15. The summed E-state index contributed by atoms with van der Waals surface area (Å²) < 4.78 is 0. The first-order valence-corrected chi connectivity index (χ1v) is 5.48. The maximum atomic E-state index is 12.0. The Morgan fingerprint density at radius 1 is 1.56 bits per heavy atom. The molecule has 1 amide bonds. The average molecular weight is 252 g/mol. The van der Waals surface area contributed by atoms with Crippen LogP contribution in [0.5, 0.6) is 0 Å². The monoisotopic (exact) mass is 252 g/mol. The van der Waals surface area contributed by atoms with E-state index >= 15 is 0 Å². The van der Waals surface area contributed by atoms with Crippen LogP contribution < -0.4 is 5.73 Å². The van der Waals surface area contributed by atoms with Crippen molar-refractivity contribution in [2.24, 2.45) is 10.9 Å². The summed E-state index contributed by atoms with van der Waals surface area (Å²) in [5, 5.41) is 20.2. The predicted octanol–water partition coefficient (Wildman–Crippen LogP) is -0.370. The summed E-state index contributed by atoms with van der Waals surface area (Å²) >= 11 is 0. The summed E-state index contributed by atoms with van der Waals surface area (Å²) in [5.74, 6) is -0.332. The number of nitrogens with zero attached hydrogens (tertiary/aromatic N) is 3. The molecule has 0 aliphatic rings. The van der Waals surface area contributed by atoms with Crippen LogP contribution in [0, 0.1) is 0 Å². The summed E-state index contributed by atoms with van der Waals surface area (Å²) in [6, 6.07) is 3.04. The molecule has 0 saturated heterocycles. The molecule has 1 aromatic heterocycles. The zero-order chi connectivity index (χ0) is 13.5. The minimum Gasteiger partial charge on any atom is -0.409 e.